The van der Waals surface area contributed by atoms with Gasteiger partial charge in [0.1, 0.15) is 0 Å². The predicted molar refractivity (Wildman–Crippen MR) is 58.5 cm³/mol. The van der Waals surface area contributed by atoms with E-state index in [0.29, 0.717) is 24.5 Å². The molecule has 1 unspecified atom stereocenters. The summed E-state index contributed by atoms with van der Waals surface area (Å²) in [6.45, 7) is 0.419. The van der Waals surface area contributed by atoms with Crippen molar-refractivity contribution in [1.82, 2.24) is 9.97 Å². The number of nitrogens with two attached hydrogens (primary N) is 1. The predicted octanol–water partition coefficient (Wildman–Crippen LogP) is 0.203. The first-order valence-corrected chi connectivity index (χ1v) is 5.12. The zero-order chi connectivity index (χ0) is 11.7. The first kappa shape index (κ1) is 11.1. The van der Waals surface area contributed by atoms with Gasteiger partial charge in [-0.2, -0.15) is 4.98 Å². The summed E-state index contributed by atoms with van der Waals surface area (Å²) in [6, 6.07) is -0.175. The molecule has 0 aliphatic carbocycles. The van der Waals surface area contributed by atoms with Crippen molar-refractivity contribution in [2.45, 2.75) is 12.5 Å². The maximum Gasteiger partial charge on any atom is 0.229 e. The number of nitrogens with zero attached hydrogens (tertiary/aromatic N) is 3. The van der Waals surface area contributed by atoms with Crippen molar-refractivity contribution >= 4 is 23.3 Å². The van der Waals surface area contributed by atoms with E-state index in [2.05, 4.69) is 9.97 Å². The molecule has 2 heterocycles. The van der Waals surface area contributed by atoms with Crippen molar-refractivity contribution in [3.63, 3.8) is 0 Å². The molecule has 86 valence electrons. The van der Waals surface area contributed by atoms with Crippen LogP contribution in [-0.4, -0.2) is 35.6 Å². The van der Waals surface area contributed by atoms with Crippen LogP contribution in [0.4, 0.5) is 5.82 Å². The highest BCUT2D eigenvalue weighted by Crippen LogP contribution is 2.29. The van der Waals surface area contributed by atoms with Crippen LogP contribution in [-0.2, 0) is 4.79 Å². The minimum absolute atomic E-state index is 0.0732. The number of ether oxygens (including phenoxy) is 1. The Morgan fingerprint density at radius 3 is 3.00 bits per heavy atom. The van der Waals surface area contributed by atoms with Gasteiger partial charge in [0.2, 0.25) is 11.2 Å². The Morgan fingerprint density at radius 1 is 1.69 bits per heavy atom. The van der Waals surface area contributed by atoms with Gasteiger partial charge in [-0.25, -0.2) is 4.98 Å². The quantitative estimate of drug-likeness (QED) is 0.750. The number of aromatic nitrogens is 2. The van der Waals surface area contributed by atoms with Crippen molar-refractivity contribution in [2.24, 2.45) is 5.73 Å². The summed E-state index contributed by atoms with van der Waals surface area (Å²) in [4.78, 5) is 20.9. The molecule has 2 rings (SSSR count). The Morgan fingerprint density at radius 2 is 2.44 bits per heavy atom. The van der Waals surface area contributed by atoms with E-state index >= 15 is 0 Å². The molecule has 0 aromatic carbocycles. The Kier molecular flexibility index (Phi) is 2.93. The zero-order valence-corrected chi connectivity index (χ0v) is 9.44. The highest BCUT2D eigenvalue weighted by atomic mass is 35.5. The topological polar surface area (TPSA) is 81.3 Å². The third kappa shape index (κ3) is 1.94. The summed E-state index contributed by atoms with van der Waals surface area (Å²) in [5.41, 5.74) is 5.70. The molecular formula is C9H11ClN4O2. The fraction of sp³-hybridized carbons (Fsp3) is 0.444. The maximum atomic E-state index is 11.7. The molecule has 1 amide bonds. The number of hydrogen-bond acceptors (Lipinski definition) is 5. The van der Waals surface area contributed by atoms with Crippen LogP contribution in [0.3, 0.4) is 0 Å². The van der Waals surface area contributed by atoms with E-state index < -0.39 is 0 Å². The summed E-state index contributed by atoms with van der Waals surface area (Å²) in [7, 11) is 1.48. The smallest absolute Gasteiger partial charge is 0.229 e. The Hall–Kier alpha value is -1.40. The van der Waals surface area contributed by atoms with Gasteiger partial charge >= 0.3 is 0 Å². The third-order valence-electron chi connectivity index (χ3n) is 2.34. The van der Waals surface area contributed by atoms with E-state index in [1.807, 2.05) is 0 Å². The monoisotopic (exact) mass is 242 g/mol. The van der Waals surface area contributed by atoms with Crippen LogP contribution in [0.25, 0.3) is 0 Å². The van der Waals surface area contributed by atoms with Crippen LogP contribution in [0, 0.1) is 0 Å². The molecule has 1 atom stereocenters. The number of carbonyl (C=O) groups excluding carboxylic acids is 1. The number of carbonyl (C=O) groups is 1. The van der Waals surface area contributed by atoms with Gasteiger partial charge in [0.25, 0.3) is 0 Å². The second-order valence-electron chi connectivity index (χ2n) is 3.50. The molecule has 1 aromatic heterocycles. The third-order valence-corrected chi connectivity index (χ3v) is 2.52. The number of rotatable bonds is 2. The summed E-state index contributed by atoms with van der Waals surface area (Å²) < 4.78 is 5.08. The van der Waals surface area contributed by atoms with Gasteiger partial charge in [-0.15, -0.1) is 0 Å². The highest BCUT2D eigenvalue weighted by molar-refractivity contribution is 6.28. The fourth-order valence-electron chi connectivity index (χ4n) is 1.62. The Labute approximate surface area is 97.4 Å². The van der Waals surface area contributed by atoms with Crippen molar-refractivity contribution in [2.75, 3.05) is 18.6 Å². The Balaban J connectivity index is 2.39. The zero-order valence-electron chi connectivity index (χ0n) is 8.68. The number of amides is 1. The maximum absolute atomic E-state index is 11.7. The summed E-state index contributed by atoms with van der Waals surface area (Å²) >= 11 is 5.69. The molecule has 7 heteroatoms. The highest BCUT2D eigenvalue weighted by Gasteiger charge is 2.31. The summed E-state index contributed by atoms with van der Waals surface area (Å²) in [5, 5.41) is 0.0732. The number of methoxy groups -OCH3 is 1. The van der Waals surface area contributed by atoms with Gasteiger partial charge in [-0.1, -0.05) is 0 Å². The minimum atomic E-state index is -0.175. The van der Waals surface area contributed by atoms with E-state index in [-0.39, 0.29) is 17.2 Å². The van der Waals surface area contributed by atoms with Crippen molar-refractivity contribution in [3.05, 3.63) is 11.5 Å². The van der Waals surface area contributed by atoms with Crippen molar-refractivity contribution < 1.29 is 9.53 Å². The van der Waals surface area contributed by atoms with Gasteiger partial charge < -0.3 is 10.5 Å². The standard InChI is InChI=1S/C9H11ClN4O2/c1-16-6-3-12-9(10)13-8(6)14-4-5(11)2-7(14)15/h3,5H,2,4,11H2,1H3. The molecule has 0 saturated carbocycles. The lowest BCUT2D eigenvalue weighted by Gasteiger charge is -2.17. The van der Waals surface area contributed by atoms with Crippen LogP contribution in [0.2, 0.25) is 5.28 Å². The molecule has 6 nitrogen and oxygen atoms in total. The van der Waals surface area contributed by atoms with E-state index in [1.54, 1.807) is 0 Å². The largest absolute Gasteiger partial charge is 0.491 e. The molecule has 1 aliphatic rings. The minimum Gasteiger partial charge on any atom is -0.491 e. The van der Waals surface area contributed by atoms with Gasteiger partial charge in [0.15, 0.2) is 11.6 Å². The second kappa shape index (κ2) is 4.23. The van der Waals surface area contributed by atoms with E-state index in [0.717, 1.165) is 0 Å². The van der Waals surface area contributed by atoms with Crippen LogP contribution < -0.4 is 15.4 Å². The molecule has 0 bridgehead atoms. The van der Waals surface area contributed by atoms with Crippen LogP contribution >= 0.6 is 11.6 Å². The van der Waals surface area contributed by atoms with E-state index in [4.69, 9.17) is 22.1 Å². The van der Waals surface area contributed by atoms with Gasteiger partial charge in [-0.3, -0.25) is 9.69 Å². The Bertz CT molecular complexity index is 426. The molecule has 0 spiro atoms. The fourth-order valence-corrected chi connectivity index (χ4v) is 1.75. The first-order chi connectivity index (χ1) is 7.61. The number of anilines is 1. The molecule has 1 fully saturated rings. The van der Waals surface area contributed by atoms with Gasteiger partial charge in [-0.05, 0) is 11.6 Å². The van der Waals surface area contributed by atoms with Gasteiger partial charge in [0, 0.05) is 19.0 Å². The molecule has 2 N–H and O–H groups in total. The van der Waals surface area contributed by atoms with Crippen LogP contribution in [0.5, 0.6) is 5.75 Å². The number of hydrogen-bond donors (Lipinski definition) is 1. The average Bonchev–Trinajstić information content (AvgIpc) is 2.57. The average molecular weight is 243 g/mol. The molecule has 1 aromatic rings. The number of halogens is 1. The van der Waals surface area contributed by atoms with Gasteiger partial charge in [0.05, 0.1) is 13.3 Å². The molecule has 1 aliphatic heterocycles. The molecule has 0 radical (unpaired) electrons. The first-order valence-electron chi connectivity index (χ1n) is 4.74. The summed E-state index contributed by atoms with van der Waals surface area (Å²) in [5.74, 6) is 0.702. The van der Waals surface area contributed by atoms with Crippen LogP contribution in [0.1, 0.15) is 6.42 Å². The molecule has 1 saturated heterocycles. The lowest BCUT2D eigenvalue weighted by Crippen LogP contribution is -2.29. The molecular weight excluding hydrogens is 232 g/mol. The van der Waals surface area contributed by atoms with Crippen molar-refractivity contribution in [3.8, 4) is 5.75 Å². The van der Waals surface area contributed by atoms with E-state index in [9.17, 15) is 4.79 Å². The lowest BCUT2D eigenvalue weighted by atomic mass is 10.3. The second-order valence-corrected chi connectivity index (χ2v) is 3.84. The summed E-state index contributed by atoms with van der Waals surface area (Å²) in [6.07, 6.45) is 1.74. The SMILES string of the molecule is COc1cnc(Cl)nc1N1CC(N)CC1=O. The van der Waals surface area contributed by atoms with Crippen LogP contribution in [0.15, 0.2) is 6.20 Å². The van der Waals surface area contributed by atoms with E-state index in [1.165, 1.54) is 18.2 Å². The molecule has 16 heavy (non-hydrogen) atoms. The normalized spacial score (nSPS) is 20.3. The lowest BCUT2D eigenvalue weighted by molar-refractivity contribution is -0.117. The van der Waals surface area contributed by atoms with Crippen molar-refractivity contribution in [1.29, 1.82) is 0 Å².